The molecule has 0 spiro atoms. The number of fused-ring (bicyclic) bond motifs is 1. The Morgan fingerprint density at radius 3 is 3.10 bits per heavy atom. The normalized spacial score (nSPS) is 25.4. The van der Waals surface area contributed by atoms with Gasteiger partial charge in [-0.1, -0.05) is 12.1 Å². The molecule has 2 unspecified atom stereocenters. The van der Waals surface area contributed by atoms with Gasteiger partial charge in [0, 0.05) is 19.1 Å². The van der Waals surface area contributed by atoms with Gasteiger partial charge in [-0.3, -0.25) is 4.79 Å². The lowest BCUT2D eigenvalue weighted by Gasteiger charge is -2.35. The van der Waals surface area contributed by atoms with Crippen LogP contribution in [0.5, 0.6) is 5.75 Å². The molecule has 0 radical (unpaired) electrons. The van der Waals surface area contributed by atoms with E-state index in [1.807, 2.05) is 36.1 Å². The Bertz CT molecular complexity index is 489. The van der Waals surface area contributed by atoms with E-state index in [0.717, 1.165) is 26.1 Å². The summed E-state index contributed by atoms with van der Waals surface area (Å²) in [5.74, 6) is 1.43. The minimum Gasteiger partial charge on any atom is -0.493 e. The average Bonchev–Trinajstić information content (AvgIpc) is 2.95. The van der Waals surface area contributed by atoms with E-state index >= 15 is 0 Å². The number of amides is 1. The van der Waals surface area contributed by atoms with Crippen LogP contribution < -0.4 is 10.1 Å². The first-order valence-electron chi connectivity index (χ1n) is 7.54. The zero-order chi connectivity index (χ0) is 13.9. The van der Waals surface area contributed by atoms with Crippen molar-refractivity contribution in [2.24, 2.45) is 5.92 Å². The summed E-state index contributed by atoms with van der Waals surface area (Å²) in [6.07, 6.45) is 2.24. The number of nitrogens with one attached hydrogen (secondary N) is 1. The SMILES string of the molecule is CCOc1ccccc1C(=O)N1CCC2NCCC2C1. The number of carbonyl (C=O) groups excluding carboxylic acids is 1. The summed E-state index contributed by atoms with van der Waals surface area (Å²) in [5.41, 5.74) is 0.693. The van der Waals surface area contributed by atoms with E-state index in [9.17, 15) is 4.79 Å². The maximum absolute atomic E-state index is 12.7. The number of likely N-dealkylation sites (tertiary alicyclic amines) is 1. The van der Waals surface area contributed by atoms with E-state index in [-0.39, 0.29) is 5.91 Å². The van der Waals surface area contributed by atoms with Crippen molar-refractivity contribution in [2.45, 2.75) is 25.8 Å². The minimum atomic E-state index is 0.111. The van der Waals surface area contributed by atoms with Gasteiger partial charge in [0.1, 0.15) is 5.75 Å². The lowest BCUT2D eigenvalue weighted by atomic mass is 9.93. The minimum absolute atomic E-state index is 0.111. The fraction of sp³-hybridized carbons (Fsp3) is 0.562. The Kier molecular flexibility index (Phi) is 3.92. The first-order valence-corrected chi connectivity index (χ1v) is 7.54. The third kappa shape index (κ3) is 2.52. The van der Waals surface area contributed by atoms with Gasteiger partial charge >= 0.3 is 0 Å². The monoisotopic (exact) mass is 274 g/mol. The van der Waals surface area contributed by atoms with Gasteiger partial charge in [0.15, 0.2) is 0 Å². The van der Waals surface area contributed by atoms with Gasteiger partial charge in [-0.2, -0.15) is 0 Å². The van der Waals surface area contributed by atoms with Gasteiger partial charge in [-0.15, -0.1) is 0 Å². The molecule has 2 atom stereocenters. The summed E-state index contributed by atoms with van der Waals surface area (Å²) >= 11 is 0. The van der Waals surface area contributed by atoms with Crippen molar-refractivity contribution in [1.29, 1.82) is 0 Å². The quantitative estimate of drug-likeness (QED) is 0.915. The molecule has 4 nitrogen and oxygen atoms in total. The van der Waals surface area contributed by atoms with Crippen LogP contribution in [0.3, 0.4) is 0 Å². The van der Waals surface area contributed by atoms with Crippen LogP contribution in [-0.4, -0.2) is 43.1 Å². The number of benzene rings is 1. The van der Waals surface area contributed by atoms with Crippen LogP contribution in [0.15, 0.2) is 24.3 Å². The third-order valence-electron chi connectivity index (χ3n) is 4.36. The zero-order valence-electron chi connectivity index (χ0n) is 12.0. The molecule has 108 valence electrons. The highest BCUT2D eigenvalue weighted by molar-refractivity contribution is 5.97. The molecular weight excluding hydrogens is 252 g/mol. The van der Waals surface area contributed by atoms with Crippen LogP contribution >= 0.6 is 0 Å². The third-order valence-corrected chi connectivity index (χ3v) is 4.36. The maximum Gasteiger partial charge on any atom is 0.257 e. The summed E-state index contributed by atoms with van der Waals surface area (Å²) in [6.45, 7) is 5.33. The Balaban J connectivity index is 1.75. The zero-order valence-corrected chi connectivity index (χ0v) is 12.0. The van der Waals surface area contributed by atoms with Gasteiger partial charge in [0.05, 0.1) is 12.2 Å². The van der Waals surface area contributed by atoms with E-state index < -0.39 is 0 Å². The molecule has 3 rings (SSSR count). The summed E-state index contributed by atoms with van der Waals surface area (Å²) in [7, 11) is 0. The molecule has 4 heteroatoms. The van der Waals surface area contributed by atoms with E-state index in [4.69, 9.17) is 4.74 Å². The number of ether oxygens (including phenoxy) is 1. The van der Waals surface area contributed by atoms with Gasteiger partial charge in [-0.05, 0) is 44.4 Å². The first kappa shape index (κ1) is 13.4. The van der Waals surface area contributed by atoms with Crippen LogP contribution in [-0.2, 0) is 0 Å². The molecule has 2 saturated heterocycles. The molecular formula is C16H22N2O2. The molecule has 1 amide bonds. The Morgan fingerprint density at radius 1 is 1.40 bits per heavy atom. The van der Waals surface area contributed by atoms with Crippen LogP contribution in [0.25, 0.3) is 0 Å². The molecule has 2 fully saturated rings. The maximum atomic E-state index is 12.7. The summed E-state index contributed by atoms with van der Waals surface area (Å²) in [5, 5.41) is 3.53. The smallest absolute Gasteiger partial charge is 0.257 e. The standard InChI is InChI=1S/C16H22N2O2/c1-2-20-15-6-4-3-5-13(15)16(19)18-10-8-14-12(11-18)7-9-17-14/h3-6,12,14,17H,2,7-11H2,1H3. The second-order valence-electron chi connectivity index (χ2n) is 5.58. The second-order valence-corrected chi connectivity index (χ2v) is 5.58. The van der Waals surface area contributed by atoms with Crippen LogP contribution in [0.2, 0.25) is 0 Å². The lowest BCUT2D eigenvalue weighted by Crippen LogP contribution is -2.46. The van der Waals surface area contributed by atoms with Crippen molar-refractivity contribution in [3.05, 3.63) is 29.8 Å². The summed E-state index contributed by atoms with van der Waals surface area (Å²) in [4.78, 5) is 14.7. The summed E-state index contributed by atoms with van der Waals surface area (Å²) < 4.78 is 5.58. The molecule has 20 heavy (non-hydrogen) atoms. The Morgan fingerprint density at radius 2 is 2.25 bits per heavy atom. The number of piperidine rings is 1. The van der Waals surface area contributed by atoms with Crippen LogP contribution in [0.4, 0.5) is 0 Å². The largest absolute Gasteiger partial charge is 0.493 e. The average molecular weight is 274 g/mol. The number of carbonyl (C=O) groups is 1. The predicted octanol–water partition coefficient (Wildman–Crippen LogP) is 1.91. The van der Waals surface area contributed by atoms with Crippen molar-refractivity contribution >= 4 is 5.91 Å². The number of rotatable bonds is 3. The van der Waals surface area contributed by atoms with Gasteiger partial charge in [-0.25, -0.2) is 0 Å². The van der Waals surface area contributed by atoms with Gasteiger partial charge < -0.3 is 15.0 Å². The van der Waals surface area contributed by atoms with Crippen molar-refractivity contribution < 1.29 is 9.53 Å². The fourth-order valence-corrected chi connectivity index (χ4v) is 3.33. The molecule has 2 aliphatic heterocycles. The Labute approximate surface area is 120 Å². The van der Waals surface area contributed by atoms with E-state index in [2.05, 4.69) is 5.32 Å². The van der Waals surface area contributed by atoms with E-state index in [1.165, 1.54) is 6.42 Å². The molecule has 2 aliphatic rings. The molecule has 1 aromatic carbocycles. The van der Waals surface area contributed by atoms with Gasteiger partial charge in [0.2, 0.25) is 0 Å². The molecule has 0 bridgehead atoms. The molecule has 1 N–H and O–H groups in total. The fourth-order valence-electron chi connectivity index (χ4n) is 3.33. The van der Waals surface area contributed by atoms with Crippen molar-refractivity contribution in [3.8, 4) is 5.75 Å². The highest BCUT2D eigenvalue weighted by Gasteiger charge is 2.35. The molecule has 1 aromatic rings. The lowest BCUT2D eigenvalue weighted by molar-refractivity contribution is 0.0658. The molecule has 0 aliphatic carbocycles. The van der Waals surface area contributed by atoms with Crippen molar-refractivity contribution in [3.63, 3.8) is 0 Å². The van der Waals surface area contributed by atoms with E-state index in [1.54, 1.807) is 0 Å². The first-order chi connectivity index (χ1) is 9.79. The van der Waals surface area contributed by atoms with Crippen molar-refractivity contribution in [2.75, 3.05) is 26.2 Å². The molecule has 2 heterocycles. The molecule has 0 saturated carbocycles. The summed E-state index contributed by atoms with van der Waals surface area (Å²) in [6, 6.07) is 8.17. The predicted molar refractivity (Wildman–Crippen MR) is 78.0 cm³/mol. The second kappa shape index (κ2) is 5.83. The van der Waals surface area contributed by atoms with Crippen LogP contribution in [0.1, 0.15) is 30.1 Å². The van der Waals surface area contributed by atoms with Gasteiger partial charge in [0.25, 0.3) is 5.91 Å². The van der Waals surface area contributed by atoms with Crippen molar-refractivity contribution in [1.82, 2.24) is 10.2 Å². The molecule has 0 aromatic heterocycles. The number of hydrogen-bond donors (Lipinski definition) is 1. The number of nitrogens with zero attached hydrogens (tertiary/aromatic N) is 1. The Hall–Kier alpha value is -1.55. The highest BCUT2D eigenvalue weighted by Crippen LogP contribution is 2.27. The highest BCUT2D eigenvalue weighted by atomic mass is 16.5. The van der Waals surface area contributed by atoms with Crippen LogP contribution in [0, 0.1) is 5.92 Å². The van der Waals surface area contributed by atoms with E-state index in [0.29, 0.717) is 29.9 Å². The topological polar surface area (TPSA) is 41.6 Å². The number of hydrogen-bond acceptors (Lipinski definition) is 3. The number of para-hydroxylation sites is 1.